The first kappa shape index (κ1) is 27.3. The second-order valence-electron chi connectivity index (χ2n) is 8.98. The lowest BCUT2D eigenvalue weighted by atomic mass is 9.92. The molecule has 1 amide bonds. The van der Waals surface area contributed by atoms with E-state index in [0.717, 1.165) is 22.3 Å². The molecule has 0 bridgehead atoms. The molecular formula is C29H34N2O5. The number of hydrogen-bond acceptors (Lipinski definition) is 6. The predicted octanol–water partition coefficient (Wildman–Crippen LogP) is 1.89. The number of aliphatic hydroxyl groups is 2. The molecule has 36 heavy (non-hydrogen) atoms. The minimum atomic E-state index is -0.772. The fourth-order valence-electron chi connectivity index (χ4n) is 4.09. The molecule has 2 aromatic carbocycles. The van der Waals surface area contributed by atoms with E-state index in [-0.39, 0.29) is 32.0 Å². The molecule has 1 heterocycles. The first-order chi connectivity index (χ1) is 17.4. The summed E-state index contributed by atoms with van der Waals surface area (Å²) in [5.74, 6) is 5.90. The molecule has 0 saturated carbocycles. The van der Waals surface area contributed by atoms with Crippen LogP contribution >= 0.6 is 0 Å². The number of hydrogen-bond donors (Lipinski definition) is 3. The molecule has 1 saturated heterocycles. The zero-order valence-electron chi connectivity index (χ0n) is 20.7. The van der Waals surface area contributed by atoms with E-state index in [1.165, 1.54) is 0 Å². The van der Waals surface area contributed by atoms with Gasteiger partial charge < -0.3 is 25.0 Å². The lowest BCUT2D eigenvalue weighted by Crippen LogP contribution is -2.35. The molecule has 7 nitrogen and oxygen atoms in total. The molecule has 1 fully saturated rings. The Morgan fingerprint density at radius 3 is 2.69 bits per heavy atom. The standard InChI is InChI=1S/C29H34N2O5/c1-4-14-31(3)15-13-30-28(34)12-16-35-26-10-6-21(7-11-26)17-24-18-23(9-8-22(24)5-2)29-27(33)19-25(32)20-36-29/h1-2,6-11,18,25,27,29,32-33H,12-17,19-20H2,3H3,(H,30,34)/t25?,27?,29-/m0/s1. The van der Waals surface area contributed by atoms with Gasteiger partial charge in [0.1, 0.15) is 11.9 Å². The smallest absolute Gasteiger partial charge is 0.223 e. The van der Waals surface area contributed by atoms with Gasteiger partial charge in [0.05, 0.1) is 38.4 Å². The summed E-state index contributed by atoms with van der Waals surface area (Å²) < 4.78 is 11.4. The van der Waals surface area contributed by atoms with E-state index in [4.69, 9.17) is 22.3 Å². The van der Waals surface area contributed by atoms with Crippen molar-refractivity contribution in [2.75, 3.05) is 39.9 Å². The highest BCUT2D eigenvalue weighted by molar-refractivity contribution is 5.75. The number of terminal acetylenes is 2. The van der Waals surface area contributed by atoms with Crippen molar-refractivity contribution in [2.24, 2.45) is 0 Å². The van der Waals surface area contributed by atoms with Gasteiger partial charge in [0.25, 0.3) is 0 Å². The van der Waals surface area contributed by atoms with Crippen molar-refractivity contribution in [1.29, 1.82) is 0 Å². The zero-order valence-corrected chi connectivity index (χ0v) is 20.7. The van der Waals surface area contributed by atoms with Crippen LogP contribution in [0.3, 0.4) is 0 Å². The van der Waals surface area contributed by atoms with Crippen LogP contribution in [0.25, 0.3) is 0 Å². The molecule has 190 valence electrons. The number of likely N-dealkylation sites (N-methyl/N-ethyl adjacent to an activating group) is 1. The van der Waals surface area contributed by atoms with Gasteiger partial charge in [-0.3, -0.25) is 9.69 Å². The van der Waals surface area contributed by atoms with Gasteiger partial charge >= 0.3 is 0 Å². The van der Waals surface area contributed by atoms with Crippen LogP contribution in [0.5, 0.6) is 5.75 Å². The van der Waals surface area contributed by atoms with Crippen molar-refractivity contribution in [3.8, 4) is 30.4 Å². The molecular weight excluding hydrogens is 456 g/mol. The van der Waals surface area contributed by atoms with Gasteiger partial charge in [0.15, 0.2) is 0 Å². The van der Waals surface area contributed by atoms with Crippen LogP contribution in [-0.4, -0.2) is 73.1 Å². The van der Waals surface area contributed by atoms with Gasteiger partial charge in [-0.05, 0) is 48.4 Å². The van der Waals surface area contributed by atoms with Gasteiger partial charge in [-0.1, -0.05) is 36.1 Å². The van der Waals surface area contributed by atoms with E-state index in [0.29, 0.717) is 31.8 Å². The number of aliphatic hydroxyl groups excluding tert-OH is 2. The summed E-state index contributed by atoms with van der Waals surface area (Å²) in [6.45, 7) is 2.27. The number of carbonyl (C=O) groups excluding carboxylic acids is 1. The highest BCUT2D eigenvalue weighted by Crippen LogP contribution is 2.30. The molecule has 3 rings (SSSR count). The van der Waals surface area contributed by atoms with E-state index >= 15 is 0 Å². The van der Waals surface area contributed by atoms with Crippen molar-refractivity contribution in [3.63, 3.8) is 0 Å². The van der Waals surface area contributed by atoms with Gasteiger partial charge in [-0.15, -0.1) is 12.8 Å². The summed E-state index contributed by atoms with van der Waals surface area (Å²) in [4.78, 5) is 13.9. The van der Waals surface area contributed by atoms with Gasteiger partial charge in [-0.2, -0.15) is 0 Å². The molecule has 0 aliphatic carbocycles. The molecule has 3 N–H and O–H groups in total. The lowest BCUT2D eigenvalue weighted by Gasteiger charge is -2.31. The Labute approximate surface area is 213 Å². The summed E-state index contributed by atoms with van der Waals surface area (Å²) >= 11 is 0. The molecule has 0 aromatic heterocycles. The Kier molecular flexibility index (Phi) is 10.4. The average Bonchev–Trinajstić information content (AvgIpc) is 2.85. The van der Waals surface area contributed by atoms with Crippen molar-refractivity contribution >= 4 is 5.91 Å². The third-order valence-electron chi connectivity index (χ3n) is 6.04. The Morgan fingerprint density at radius 2 is 2.00 bits per heavy atom. The van der Waals surface area contributed by atoms with E-state index in [1.807, 2.05) is 54.4 Å². The van der Waals surface area contributed by atoms with E-state index < -0.39 is 18.3 Å². The normalized spacial score (nSPS) is 19.3. The van der Waals surface area contributed by atoms with Crippen molar-refractivity contribution in [2.45, 2.75) is 37.6 Å². The minimum Gasteiger partial charge on any atom is -0.493 e. The first-order valence-corrected chi connectivity index (χ1v) is 12.1. The Bertz CT molecular complexity index is 1090. The number of nitrogens with zero attached hydrogens (tertiary/aromatic N) is 1. The highest BCUT2D eigenvalue weighted by Gasteiger charge is 2.30. The predicted molar refractivity (Wildman–Crippen MR) is 138 cm³/mol. The zero-order chi connectivity index (χ0) is 25.9. The number of benzene rings is 2. The van der Waals surface area contributed by atoms with Crippen LogP contribution in [0.2, 0.25) is 0 Å². The quantitative estimate of drug-likeness (QED) is 0.417. The van der Waals surface area contributed by atoms with Gasteiger partial charge in [-0.25, -0.2) is 0 Å². The maximum Gasteiger partial charge on any atom is 0.223 e. The molecule has 0 radical (unpaired) electrons. The summed E-state index contributed by atoms with van der Waals surface area (Å²) in [7, 11) is 1.91. The van der Waals surface area contributed by atoms with Crippen LogP contribution in [0.15, 0.2) is 42.5 Å². The van der Waals surface area contributed by atoms with Crippen LogP contribution in [0.4, 0.5) is 0 Å². The molecule has 3 atom stereocenters. The van der Waals surface area contributed by atoms with Crippen LogP contribution in [0.1, 0.15) is 41.2 Å². The molecule has 1 aliphatic heterocycles. The SMILES string of the molecule is C#CCN(C)CCNC(=O)CCOc1ccc(Cc2cc([C@@H]3OCC(O)CC3O)ccc2C#C)cc1. The molecule has 0 spiro atoms. The van der Waals surface area contributed by atoms with E-state index in [2.05, 4.69) is 17.2 Å². The number of nitrogens with one attached hydrogen (secondary N) is 1. The lowest BCUT2D eigenvalue weighted by molar-refractivity contribution is -0.125. The maximum atomic E-state index is 12.0. The highest BCUT2D eigenvalue weighted by atomic mass is 16.5. The van der Waals surface area contributed by atoms with Crippen molar-refractivity contribution in [1.82, 2.24) is 10.2 Å². The maximum absolute atomic E-state index is 12.0. The fourth-order valence-corrected chi connectivity index (χ4v) is 4.09. The fraction of sp³-hybridized carbons (Fsp3) is 0.414. The van der Waals surface area contributed by atoms with Crippen LogP contribution in [-0.2, 0) is 16.0 Å². The monoisotopic (exact) mass is 490 g/mol. The molecule has 2 unspecified atom stereocenters. The third-order valence-corrected chi connectivity index (χ3v) is 6.04. The summed E-state index contributed by atoms with van der Waals surface area (Å²) in [5, 5.41) is 22.9. The Morgan fingerprint density at radius 1 is 1.22 bits per heavy atom. The van der Waals surface area contributed by atoms with Crippen LogP contribution in [0, 0.1) is 24.7 Å². The second kappa shape index (κ2) is 13.7. The largest absolute Gasteiger partial charge is 0.493 e. The second-order valence-corrected chi connectivity index (χ2v) is 8.98. The molecule has 2 aromatic rings. The topological polar surface area (TPSA) is 91.3 Å². The minimum absolute atomic E-state index is 0.0657. The van der Waals surface area contributed by atoms with Crippen molar-refractivity contribution in [3.05, 3.63) is 64.7 Å². The molecule has 1 aliphatic rings. The van der Waals surface area contributed by atoms with Gasteiger partial charge in [0, 0.05) is 25.1 Å². The number of rotatable bonds is 11. The van der Waals surface area contributed by atoms with E-state index in [9.17, 15) is 15.0 Å². The number of ether oxygens (including phenoxy) is 2. The third kappa shape index (κ3) is 8.12. The van der Waals surface area contributed by atoms with Gasteiger partial charge in [0.2, 0.25) is 5.91 Å². The van der Waals surface area contributed by atoms with Crippen LogP contribution < -0.4 is 10.1 Å². The summed E-state index contributed by atoms with van der Waals surface area (Å²) in [6, 6.07) is 13.4. The Hall–Kier alpha value is -3.33. The summed E-state index contributed by atoms with van der Waals surface area (Å²) in [6.07, 6.45) is 10.2. The Balaban J connectivity index is 1.51. The first-order valence-electron chi connectivity index (χ1n) is 12.1. The molecule has 7 heteroatoms. The number of amides is 1. The average molecular weight is 491 g/mol. The van der Waals surface area contributed by atoms with Crippen molar-refractivity contribution < 1.29 is 24.5 Å². The number of carbonyl (C=O) groups is 1. The van der Waals surface area contributed by atoms with E-state index in [1.54, 1.807) is 0 Å². The summed E-state index contributed by atoms with van der Waals surface area (Å²) in [5.41, 5.74) is 3.62.